The average molecular weight is 250 g/mol. The van der Waals surface area contributed by atoms with Crippen molar-refractivity contribution in [3.05, 3.63) is 24.3 Å². The first-order valence-electron chi connectivity index (χ1n) is 3.81. The lowest BCUT2D eigenvalue weighted by Crippen LogP contribution is -2.05. The van der Waals surface area contributed by atoms with Crippen LogP contribution in [0, 0.1) is 0 Å². The van der Waals surface area contributed by atoms with Gasteiger partial charge >= 0.3 is 20.2 Å². The van der Waals surface area contributed by atoms with E-state index in [1.165, 1.54) is 12.1 Å². The van der Waals surface area contributed by atoms with E-state index in [2.05, 4.69) is 8.37 Å². The Labute approximate surface area is 86.7 Å². The Hall–Kier alpha value is -0.960. The molecular formula is C7H6O6S2. The van der Waals surface area contributed by atoms with E-state index < -0.39 is 36.8 Å². The zero-order chi connectivity index (χ0) is 11.1. The first-order valence-corrected chi connectivity index (χ1v) is 6.63. The van der Waals surface area contributed by atoms with Gasteiger partial charge in [0.25, 0.3) is 0 Å². The first-order chi connectivity index (χ1) is 6.93. The van der Waals surface area contributed by atoms with Gasteiger partial charge in [0.2, 0.25) is 0 Å². The summed E-state index contributed by atoms with van der Waals surface area (Å²) < 4.78 is 54.3. The van der Waals surface area contributed by atoms with Gasteiger partial charge in [-0.25, -0.2) is 8.37 Å². The molecule has 82 valence electrons. The second kappa shape index (κ2) is 3.27. The Morgan fingerprint density at radius 2 is 1.27 bits per heavy atom. The zero-order valence-corrected chi connectivity index (χ0v) is 8.92. The highest BCUT2D eigenvalue weighted by Crippen LogP contribution is 2.26. The van der Waals surface area contributed by atoms with Crippen LogP contribution in [0.15, 0.2) is 34.1 Å². The fourth-order valence-corrected chi connectivity index (χ4v) is 3.53. The molecule has 6 nitrogen and oxygen atoms in total. The van der Waals surface area contributed by atoms with Crippen molar-refractivity contribution in [2.24, 2.45) is 0 Å². The molecule has 0 aliphatic carbocycles. The van der Waals surface area contributed by atoms with E-state index in [1.807, 2.05) is 0 Å². The summed E-state index contributed by atoms with van der Waals surface area (Å²) in [4.78, 5) is -0.801. The molecule has 0 bridgehead atoms. The van der Waals surface area contributed by atoms with Crippen LogP contribution in [0.1, 0.15) is 0 Å². The molecule has 15 heavy (non-hydrogen) atoms. The highest BCUT2D eigenvalue weighted by atomic mass is 32.2. The van der Waals surface area contributed by atoms with Crippen molar-refractivity contribution in [1.29, 1.82) is 0 Å². The summed E-state index contributed by atoms with van der Waals surface area (Å²) >= 11 is 0. The van der Waals surface area contributed by atoms with Crippen molar-refractivity contribution in [3.63, 3.8) is 0 Å². The molecule has 1 aliphatic rings. The zero-order valence-electron chi connectivity index (χ0n) is 7.28. The van der Waals surface area contributed by atoms with Gasteiger partial charge in [-0.05, 0) is 12.1 Å². The molecule has 1 heterocycles. The monoisotopic (exact) mass is 250 g/mol. The first kappa shape index (κ1) is 10.6. The van der Waals surface area contributed by atoms with Gasteiger partial charge in [0.05, 0.1) is 0 Å². The van der Waals surface area contributed by atoms with Crippen LogP contribution in [-0.4, -0.2) is 23.6 Å². The van der Waals surface area contributed by atoms with Gasteiger partial charge in [0.1, 0.15) is 9.79 Å². The number of hydrogen-bond donors (Lipinski definition) is 0. The van der Waals surface area contributed by atoms with Gasteiger partial charge < -0.3 is 0 Å². The Balaban J connectivity index is 2.84. The Morgan fingerprint density at radius 3 is 1.67 bits per heavy atom. The molecule has 0 aromatic heterocycles. The van der Waals surface area contributed by atoms with E-state index in [1.54, 1.807) is 0 Å². The van der Waals surface area contributed by atoms with Crippen LogP contribution in [-0.2, 0) is 28.6 Å². The molecule has 0 saturated heterocycles. The molecule has 0 spiro atoms. The largest absolute Gasteiger partial charge is 0.300 e. The van der Waals surface area contributed by atoms with E-state index in [-0.39, 0.29) is 0 Å². The topological polar surface area (TPSA) is 86.7 Å². The molecule has 0 radical (unpaired) electrons. The maximum atomic E-state index is 11.4. The minimum atomic E-state index is -4.05. The molecule has 0 amide bonds. The lowest BCUT2D eigenvalue weighted by molar-refractivity contribution is 0.136. The molecule has 1 aliphatic heterocycles. The van der Waals surface area contributed by atoms with Gasteiger partial charge in [-0.15, -0.1) is 0 Å². The summed E-state index contributed by atoms with van der Waals surface area (Å²) in [5, 5.41) is 0. The summed E-state index contributed by atoms with van der Waals surface area (Å²) in [6, 6.07) is 5.11. The van der Waals surface area contributed by atoms with Crippen LogP contribution >= 0.6 is 0 Å². The molecule has 0 fully saturated rings. The lowest BCUT2D eigenvalue weighted by Gasteiger charge is -2.01. The summed E-state index contributed by atoms with van der Waals surface area (Å²) in [6.07, 6.45) is 0. The molecule has 0 atom stereocenters. The van der Waals surface area contributed by atoms with Crippen molar-refractivity contribution in [3.8, 4) is 0 Å². The van der Waals surface area contributed by atoms with Gasteiger partial charge in [-0.2, -0.15) is 16.8 Å². The summed E-state index contributed by atoms with van der Waals surface area (Å²) in [6.45, 7) is -0.834. The second-order valence-electron chi connectivity index (χ2n) is 2.71. The maximum Gasteiger partial charge on any atom is 0.300 e. The van der Waals surface area contributed by atoms with Crippen molar-refractivity contribution < 1.29 is 25.2 Å². The van der Waals surface area contributed by atoms with Crippen molar-refractivity contribution in [1.82, 2.24) is 0 Å². The van der Waals surface area contributed by atoms with E-state index in [9.17, 15) is 16.8 Å². The fourth-order valence-electron chi connectivity index (χ4n) is 1.14. The molecule has 8 heteroatoms. The smallest absolute Gasteiger partial charge is 0.236 e. The van der Waals surface area contributed by atoms with Gasteiger partial charge in [-0.1, -0.05) is 12.1 Å². The quantitative estimate of drug-likeness (QED) is 0.605. The van der Waals surface area contributed by atoms with Crippen molar-refractivity contribution in [2.75, 3.05) is 6.79 Å². The third-order valence-electron chi connectivity index (χ3n) is 1.79. The van der Waals surface area contributed by atoms with Crippen LogP contribution in [0.2, 0.25) is 0 Å². The van der Waals surface area contributed by atoms with Gasteiger partial charge in [0.15, 0.2) is 6.79 Å². The van der Waals surface area contributed by atoms with Crippen molar-refractivity contribution in [2.45, 2.75) is 9.79 Å². The summed E-state index contributed by atoms with van der Waals surface area (Å²) in [5.74, 6) is 0. The molecule has 1 aromatic rings. The Morgan fingerprint density at radius 1 is 0.867 bits per heavy atom. The predicted octanol–water partition coefficient (Wildman–Crippen LogP) is 0.0683. The number of hydrogen-bond acceptors (Lipinski definition) is 6. The van der Waals surface area contributed by atoms with E-state index in [0.29, 0.717) is 0 Å². The summed E-state index contributed by atoms with van der Waals surface area (Å²) in [7, 11) is -8.11. The van der Waals surface area contributed by atoms with Crippen LogP contribution in [0.25, 0.3) is 0 Å². The third kappa shape index (κ3) is 1.76. The van der Waals surface area contributed by atoms with Gasteiger partial charge in [-0.3, -0.25) is 0 Å². The van der Waals surface area contributed by atoms with E-state index >= 15 is 0 Å². The number of rotatable bonds is 0. The average Bonchev–Trinajstić information content (AvgIpc) is 2.24. The predicted molar refractivity (Wildman–Crippen MR) is 47.9 cm³/mol. The standard InChI is InChI=1S/C7H6O6S2/c8-14(9)6-3-1-2-4-7(6)15(10,11)13-5-12-14/h1-4H,5H2. The molecule has 2 rings (SSSR count). The van der Waals surface area contributed by atoms with E-state index in [0.717, 1.165) is 12.1 Å². The second-order valence-corrected chi connectivity index (χ2v) is 5.88. The van der Waals surface area contributed by atoms with Crippen LogP contribution in [0.3, 0.4) is 0 Å². The molecular weight excluding hydrogens is 244 g/mol. The minimum absolute atomic E-state index is 0.400. The Kier molecular flexibility index (Phi) is 2.30. The van der Waals surface area contributed by atoms with Crippen LogP contribution in [0.5, 0.6) is 0 Å². The molecule has 0 N–H and O–H groups in total. The van der Waals surface area contributed by atoms with Crippen LogP contribution in [0.4, 0.5) is 0 Å². The maximum absolute atomic E-state index is 11.4. The summed E-state index contributed by atoms with van der Waals surface area (Å²) in [5.41, 5.74) is 0. The normalized spacial score (nSPS) is 22.7. The highest BCUT2D eigenvalue weighted by molar-refractivity contribution is 7.90. The molecule has 1 aromatic carbocycles. The molecule has 0 unspecified atom stereocenters. The Bertz CT molecular complexity index is 533. The third-order valence-corrected chi connectivity index (χ3v) is 4.53. The van der Waals surface area contributed by atoms with E-state index in [4.69, 9.17) is 0 Å². The van der Waals surface area contributed by atoms with Gasteiger partial charge in [0, 0.05) is 0 Å². The molecule has 0 saturated carbocycles. The van der Waals surface area contributed by atoms with Crippen LogP contribution < -0.4 is 0 Å². The van der Waals surface area contributed by atoms with Crippen molar-refractivity contribution >= 4 is 20.2 Å². The fraction of sp³-hybridized carbons (Fsp3) is 0.143. The lowest BCUT2D eigenvalue weighted by atomic mass is 10.4. The number of fused-ring (bicyclic) bond motifs is 1. The highest BCUT2D eigenvalue weighted by Gasteiger charge is 2.31. The number of benzene rings is 1. The SMILES string of the molecule is O=S1(=O)OCOS(=O)(=O)c2ccccc21. The minimum Gasteiger partial charge on any atom is -0.236 e.